The van der Waals surface area contributed by atoms with E-state index in [0.29, 0.717) is 22.9 Å². The Morgan fingerprint density at radius 1 is 0.750 bits per heavy atom. The zero-order valence-corrected chi connectivity index (χ0v) is 40.2. The van der Waals surface area contributed by atoms with Gasteiger partial charge in [-0.1, -0.05) is 168 Å². The van der Waals surface area contributed by atoms with Gasteiger partial charge in [0, 0.05) is 46.6 Å². The molecule has 4 aromatic rings. The molecule has 0 saturated heterocycles. The molecule has 0 amide bonds. The Morgan fingerprint density at radius 3 is 1.46 bits per heavy atom. The summed E-state index contributed by atoms with van der Waals surface area (Å²) in [7, 11) is 2.70. The van der Waals surface area contributed by atoms with E-state index >= 15 is 0 Å². The van der Waals surface area contributed by atoms with Gasteiger partial charge in [0.25, 0.3) is 0 Å². The summed E-state index contributed by atoms with van der Waals surface area (Å²) in [6.07, 6.45) is 0. The number of hydrogen-bond donors (Lipinski definition) is 1. The summed E-state index contributed by atoms with van der Waals surface area (Å²) in [4.78, 5) is 25.7. The van der Waals surface area contributed by atoms with E-state index < -0.39 is 0 Å². The van der Waals surface area contributed by atoms with Crippen LogP contribution in [0.2, 0.25) is 0 Å². The number of benzene rings is 4. The summed E-state index contributed by atoms with van der Waals surface area (Å²) in [6.45, 7) is 16.3. The van der Waals surface area contributed by atoms with Crippen molar-refractivity contribution >= 4 is 136 Å². The maximum Gasteiger partial charge on any atom is 0.302 e. The number of esters is 2. The van der Waals surface area contributed by atoms with Crippen LogP contribution < -0.4 is 4.74 Å². The van der Waals surface area contributed by atoms with Gasteiger partial charge in [0.1, 0.15) is 17.2 Å². The van der Waals surface area contributed by atoms with Crippen LogP contribution in [0, 0.1) is 19.2 Å². The van der Waals surface area contributed by atoms with Crippen molar-refractivity contribution in [2.24, 2.45) is 0 Å². The Hall–Kier alpha value is -0.846. The maximum absolute atomic E-state index is 9.59. The molecule has 1 N–H and O–H groups in total. The minimum absolute atomic E-state index is 0. The molecule has 4 aromatic carbocycles. The zero-order valence-electron chi connectivity index (χ0n) is 26.5. The second-order valence-electron chi connectivity index (χ2n) is 7.43. The number of methoxy groups -OCH3 is 2. The van der Waals surface area contributed by atoms with Gasteiger partial charge in [0.2, 0.25) is 5.69 Å². The number of aromatic hydroxyl groups is 1. The monoisotopic (exact) mass is 1290 g/mol. The van der Waals surface area contributed by atoms with Crippen molar-refractivity contribution in [2.45, 2.75) is 13.8 Å². The Balaban J connectivity index is -0.000000254. The minimum atomic E-state index is -0.245. The van der Waals surface area contributed by atoms with Crippen LogP contribution >= 0.6 is 113 Å². The molecule has 14 heteroatoms. The van der Waals surface area contributed by atoms with Crippen molar-refractivity contribution in [1.82, 2.24) is 0 Å². The standard InChI is InChI=1S/C13H9NO.C7H4N.C6H6O.2C3H6O2.CHI3.CH2I2.Y/c1-14-12-9-5-6-10-13(12)15-11-7-3-2-4-8-11;1-8-7-5-3-2-4-6-7;7-6-4-2-1-3-5-6;2*1-3(4)5-2;2-1(3)4;2-1-3;/h2-10H;2-5H;1-5,7H;2*1-2H3;1H;1H2;/q;-1;;;;;;. The molecule has 8 nitrogen and oxygen atoms in total. The van der Waals surface area contributed by atoms with Crippen molar-refractivity contribution in [3.63, 3.8) is 0 Å². The summed E-state index contributed by atoms with van der Waals surface area (Å²) < 4.78 is 15.7. The van der Waals surface area contributed by atoms with Crippen LogP contribution in [0.1, 0.15) is 13.8 Å². The van der Waals surface area contributed by atoms with E-state index in [1.807, 2.05) is 60.7 Å². The molecule has 0 aliphatic heterocycles. The first-order chi connectivity index (χ1) is 22.4. The second kappa shape index (κ2) is 40.6. The average Bonchev–Trinajstić information content (AvgIpc) is 3.07. The second-order valence-corrected chi connectivity index (χ2v) is 22.8. The number of hydrogen-bond acceptors (Lipinski definition) is 6. The average molecular weight is 1290 g/mol. The molecule has 1 radical (unpaired) electrons. The molecule has 0 heterocycles. The molecule has 0 aliphatic carbocycles. The first-order valence-electron chi connectivity index (χ1n) is 12.8. The van der Waals surface area contributed by atoms with E-state index in [0.717, 1.165) is 5.69 Å². The molecule has 48 heavy (non-hydrogen) atoms. The first-order valence-corrected chi connectivity index (χ1v) is 19.6. The first kappa shape index (κ1) is 53.9. The Bertz CT molecular complexity index is 1390. The van der Waals surface area contributed by atoms with Gasteiger partial charge in [-0.05, 0) is 30.3 Å². The van der Waals surface area contributed by atoms with Crippen molar-refractivity contribution in [3.8, 4) is 17.2 Å². The van der Waals surface area contributed by atoms with Gasteiger partial charge in [-0.15, -0.1) is 0 Å². The zero-order chi connectivity index (χ0) is 36.3. The molecule has 0 atom stereocenters. The summed E-state index contributed by atoms with van der Waals surface area (Å²) in [5.41, 5.74) is 1.11. The number of carbonyl (C=O) groups is 2. The number of alkyl halides is 5. The Morgan fingerprint density at radius 2 is 1.15 bits per heavy atom. The van der Waals surface area contributed by atoms with Crippen LogP contribution in [0.5, 0.6) is 17.2 Å². The molecule has 255 valence electrons. The van der Waals surface area contributed by atoms with E-state index in [1.165, 1.54) is 30.5 Å². The summed E-state index contributed by atoms with van der Waals surface area (Å²) >= 11 is 11.5. The van der Waals surface area contributed by atoms with Crippen molar-refractivity contribution in [1.29, 1.82) is 0 Å². The number of ether oxygens (including phenoxy) is 3. The molecule has 0 saturated carbocycles. The van der Waals surface area contributed by atoms with Crippen LogP contribution in [0.15, 0.2) is 109 Å². The van der Waals surface area contributed by atoms with Crippen LogP contribution in [0.25, 0.3) is 9.69 Å². The fourth-order valence-corrected chi connectivity index (χ4v) is 2.13. The van der Waals surface area contributed by atoms with Crippen LogP contribution in [-0.4, -0.2) is 33.6 Å². The number of carbonyl (C=O) groups excluding carboxylic acids is 2. The van der Waals surface area contributed by atoms with Crippen LogP contribution in [0.3, 0.4) is 0 Å². The predicted molar refractivity (Wildman–Crippen MR) is 233 cm³/mol. The molecule has 4 rings (SSSR count). The van der Waals surface area contributed by atoms with Crippen molar-refractivity contribution in [3.05, 3.63) is 138 Å². The molecule has 0 aromatic heterocycles. The van der Waals surface area contributed by atoms with Gasteiger partial charge >= 0.3 is 11.9 Å². The topological polar surface area (TPSA) is 90.8 Å². The van der Waals surface area contributed by atoms with Gasteiger partial charge in [0.05, 0.1) is 35.5 Å². The van der Waals surface area contributed by atoms with Crippen LogP contribution in [0.4, 0.5) is 11.4 Å². The number of para-hydroxylation sites is 5. The van der Waals surface area contributed by atoms with Gasteiger partial charge in [0.15, 0.2) is 0 Å². The van der Waals surface area contributed by atoms with E-state index in [-0.39, 0.29) is 44.6 Å². The predicted octanol–water partition coefficient (Wildman–Crippen LogP) is 12.2. The molecular weight excluding hydrogens is 1260 g/mol. The normalized spacial score (nSPS) is 8.00. The minimum Gasteiger partial charge on any atom is -0.508 e. The molecule has 0 aliphatic rings. The van der Waals surface area contributed by atoms with E-state index in [2.05, 4.69) is 138 Å². The fraction of sp³-hybridized carbons (Fsp3) is 0.176. The molecule has 0 fully saturated rings. The summed E-state index contributed by atoms with van der Waals surface area (Å²) in [5.74, 6) is 1.17. The number of rotatable bonds is 2. The number of nitrogens with zero attached hydrogens (tertiary/aromatic N) is 2. The number of halogens is 5. The smallest absolute Gasteiger partial charge is 0.302 e. The fourth-order valence-electron chi connectivity index (χ4n) is 2.13. The third-order valence-electron chi connectivity index (χ3n) is 4.10. The summed E-state index contributed by atoms with van der Waals surface area (Å²) in [6, 6.07) is 35.3. The molecule has 0 unspecified atom stereocenters. The Labute approximate surface area is 378 Å². The van der Waals surface area contributed by atoms with Gasteiger partial charge in [-0.2, -0.15) is 30.3 Å². The maximum atomic E-state index is 9.59. The number of phenols is 1. The Kier molecular flexibility index (Phi) is 45.6. The molecule has 0 spiro atoms. The molecule has 0 bridgehead atoms. The van der Waals surface area contributed by atoms with E-state index in [1.54, 1.807) is 48.5 Å². The number of phenolic OH excluding ortho intramolecular Hbond substituents is 1. The molecular formula is C34H34I5N2O6Y-. The van der Waals surface area contributed by atoms with E-state index in [4.69, 9.17) is 23.0 Å². The van der Waals surface area contributed by atoms with Crippen molar-refractivity contribution in [2.75, 3.05) is 16.7 Å². The van der Waals surface area contributed by atoms with Crippen LogP contribution in [-0.2, 0) is 51.8 Å². The quantitative estimate of drug-likeness (QED) is 0.0931. The van der Waals surface area contributed by atoms with Crippen molar-refractivity contribution < 1.29 is 61.6 Å². The largest absolute Gasteiger partial charge is 0.508 e. The van der Waals surface area contributed by atoms with Gasteiger partial charge in [-0.25, -0.2) is 4.85 Å². The summed E-state index contributed by atoms with van der Waals surface area (Å²) in [5, 5.41) is 8.63. The van der Waals surface area contributed by atoms with Gasteiger partial charge in [-0.3, -0.25) is 14.4 Å². The third-order valence-corrected chi connectivity index (χ3v) is 4.10. The SMILES string of the molecule is COC(C)=O.COC(C)=O.IC(I)I.ICI.Oc1ccccc1.[C-]#[N+]c1[c-]cccc1.[C-]#[N+]c1ccccc1Oc1ccccc1.[Y]. The van der Waals surface area contributed by atoms with Gasteiger partial charge < -0.3 is 19.3 Å². The van der Waals surface area contributed by atoms with E-state index in [9.17, 15) is 9.59 Å². The third kappa shape index (κ3) is 41.3.